The van der Waals surface area contributed by atoms with Gasteiger partial charge < -0.3 is 27.8 Å². The topological polar surface area (TPSA) is 97.3 Å². The fourth-order valence-electron chi connectivity index (χ4n) is 5.31. The Labute approximate surface area is 286 Å². The van der Waals surface area contributed by atoms with Crippen LogP contribution in [0.5, 0.6) is 11.5 Å². The van der Waals surface area contributed by atoms with Crippen LogP contribution in [0.3, 0.4) is 0 Å². The molecule has 6 rings (SSSR count). The van der Waals surface area contributed by atoms with E-state index in [1.807, 2.05) is 91.4 Å². The van der Waals surface area contributed by atoms with Gasteiger partial charge in [0.15, 0.2) is 17.3 Å². The van der Waals surface area contributed by atoms with Crippen LogP contribution in [0.15, 0.2) is 116 Å². The Bertz CT molecular complexity index is 2100. The van der Waals surface area contributed by atoms with Crippen LogP contribution in [0, 0.1) is 0 Å². The number of ether oxygens (including phenoxy) is 4. The number of carbonyl (C=O) groups is 2. The molecule has 2 heterocycles. The maximum Gasteiger partial charge on any atom is 0.514 e. The molecule has 0 fully saturated rings. The molecule has 2 aromatic heterocycles. The Balaban J connectivity index is 1.37. The van der Waals surface area contributed by atoms with Crippen LogP contribution >= 0.6 is 23.5 Å². The fourth-order valence-corrected chi connectivity index (χ4v) is 6.29. The summed E-state index contributed by atoms with van der Waals surface area (Å²) in [5.41, 5.74) is 0.643. The van der Waals surface area contributed by atoms with E-state index in [0.717, 1.165) is 16.0 Å². The predicted molar refractivity (Wildman–Crippen MR) is 188 cm³/mol. The number of benzene rings is 4. The van der Waals surface area contributed by atoms with Crippen molar-refractivity contribution in [2.24, 2.45) is 0 Å². The summed E-state index contributed by atoms with van der Waals surface area (Å²) in [6.45, 7) is 7.18. The van der Waals surface area contributed by atoms with Gasteiger partial charge in [-0.25, -0.2) is 9.59 Å². The molecular weight excluding hydrogens is 649 g/mol. The van der Waals surface area contributed by atoms with Gasteiger partial charge >= 0.3 is 12.3 Å². The number of carbonyl (C=O) groups excluding carboxylic acids is 2. The molecule has 10 heteroatoms. The highest BCUT2D eigenvalue weighted by Crippen LogP contribution is 2.46. The summed E-state index contributed by atoms with van der Waals surface area (Å²) >= 11 is 2.95. The second-order valence-electron chi connectivity index (χ2n) is 11.9. The van der Waals surface area contributed by atoms with Crippen LogP contribution in [-0.4, -0.2) is 24.8 Å². The van der Waals surface area contributed by atoms with Gasteiger partial charge in [-0.15, -0.1) is 23.5 Å². The molecule has 0 aliphatic rings. The number of thioether (sulfide) groups is 2. The number of furan rings is 2. The molecule has 0 saturated heterocycles. The molecule has 0 N–H and O–H groups in total. The first kappa shape index (κ1) is 33.1. The summed E-state index contributed by atoms with van der Waals surface area (Å²) in [5, 5.41) is 1.08. The fraction of sp³-hybridized carbons (Fsp3) is 0.211. The van der Waals surface area contributed by atoms with Crippen LogP contribution in [0.4, 0.5) is 9.59 Å². The molecule has 0 aliphatic heterocycles. The number of fused-ring (bicyclic) bond motifs is 2. The lowest BCUT2D eigenvalue weighted by atomic mass is 9.98. The molecule has 0 radical (unpaired) electrons. The molecule has 48 heavy (non-hydrogen) atoms. The molecular formula is C38H34O8S2. The smallest absolute Gasteiger partial charge is 0.452 e. The van der Waals surface area contributed by atoms with E-state index in [4.69, 9.17) is 27.8 Å². The first-order chi connectivity index (χ1) is 23.0. The Morgan fingerprint density at radius 2 is 1.12 bits per heavy atom. The van der Waals surface area contributed by atoms with Gasteiger partial charge in [-0.1, -0.05) is 60.7 Å². The molecule has 0 atom stereocenters. The molecule has 0 bridgehead atoms. The minimum atomic E-state index is -0.966. The third-order valence-corrected chi connectivity index (χ3v) is 9.38. The number of hydrogen-bond acceptors (Lipinski definition) is 10. The lowest BCUT2D eigenvalue weighted by Crippen LogP contribution is -2.27. The van der Waals surface area contributed by atoms with Crippen molar-refractivity contribution in [3.05, 3.63) is 108 Å². The van der Waals surface area contributed by atoms with Crippen molar-refractivity contribution in [2.45, 2.75) is 48.7 Å². The minimum Gasteiger partial charge on any atom is -0.452 e. The summed E-state index contributed by atoms with van der Waals surface area (Å²) in [5.74, 6) is 0.859. The van der Waals surface area contributed by atoms with Gasteiger partial charge in [-0.2, -0.15) is 0 Å². The third kappa shape index (κ3) is 6.77. The molecule has 0 spiro atoms. The van der Waals surface area contributed by atoms with E-state index in [1.54, 1.807) is 57.7 Å². The second-order valence-corrected chi connectivity index (χ2v) is 13.6. The molecule has 4 aromatic carbocycles. The monoisotopic (exact) mass is 682 g/mol. The first-order valence-corrected chi connectivity index (χ1v) is 17.6. The Morgan fingerprint density at radius 1 is 0.604 bits per heavy atom. The highest BCUT2D eigenvalue weighted by molar-refractivity contribution is 7.98. The molecule has 6 aromatic rings. The van der Waals surface area contributed by atoms with E-state index in [-0.39, 0.29) is 23.0 Å². The highest BCUT2D eigenvalue weighted by atomic mass is 32.2. The van der Waals surface area contributed by atoms with Crippen LogP contribution < -0.4 is 9.47 Å². The minimum absolute atomic E-state index is 0.144. The van der Waals surface area contributed by atoms with Crippen LogP contribution in [0.25, 0.3) is 33.5 Å². The summed E-state index contributed by atoms with van der Waals surface area (Å²) in [6, 6.07) is 29.7. The molecule has 246 valence electrons. The lowest BCUT2D eigenvalue weighted by Gasteiger charge is -2.25. The first-order valence-electron chi connectivity index (χ1n) is 15.1. The maximum atomic E-state index is 13.3. The Hall–Kier alpha value is -4.80. The average Bonchev–Trinajstić information content (AvgIpc) is 3.66. The van der Waals surface area contributed by atoms with Crippen molar-refractivity contribution in [3.63, 3.8) is 0 Å². The van der Waals surface area contributed by atoms with E-state index in [9.17, 15) is 9.59 Å². The van der Waals surface area contributed by atoms with Crippen molar-refractivity contribution < 1.29 is 37.4 Å². The summed E-state index contributed by atoms with van der Waals surface area (Å²) < 4.78 is 35.8. The molecule has 0 amide bonds. The third-order valence-electron chi connectivity index (χ3n) is 7.89. The van der Waals surface area contributed by atoms with Gasteiger partial charge in [0.2, 0.25) is 5.76 Å². The van der Waals surface area contributed by atoms with Crippen molar-refractivity contribution in [1.29, 1.82) is 0 Å². The van der Waals surface area contributed by atoms with Gasteiger partial charge in [0.25, 0.3) is 0 Å². The normalized spacial score (nSPS) is 11.9. The quantitative estimate of drug-likeness (QED) is 0.0832. The van der Waals surface area contributed by atoms with E-state index in [0.29, 0.717) is 26.8 Å². The van der Waals surface area contributed by atoms with E-state index >= 15 is 0 Å². The zero-order valence-corrected chi connectivity index (χ0v) is 29.0. The average molecular weight is 683 g/mol. The highest BCUT2D eigenvalue weighted by Gasteiger charge is 2.31. The van der Waals surface area contributed by atoms with Crippen molar-refractivity contribution in [1.82, 2.24) is 0 Å². The van der Waals surface area contributed by atoms with Gasteiger partial charge in [-0.05, 0) is 87.7 Å². The number of hydrogen-bond donors (Lipinski definition) is 0. The zero-order chi connectivity index (χ0) is 34.1. The standard InChI is InChI=1S/C38H34O8S2/c1-37(2,23-13-9-7-10-14-23)45-35(39)43-32-27-22-30(41-28(27)19-20-31(32)48-6)34-33(26-21-25(47-5)17-18-29(26)42-34)44-36(40)46-38(3,4)24-15-11-8-12-16-24/h7-22H,1-6H3. The van der Waals surface area contributed by atoms with E-state index in [1.165, 1.54) is 11.8 Å². The lowest BCUT2D eigenvalue weighted by molar-refractivity contribution is 0.00527. The van der Waals surface area contributed by atoms with Crippen LogP contribution in [0.1, 0.15) is 38.8 Å². The largest absolute Gasteiger partial charge is 0.514 e. The summed E-state index contributed by atoms with van der Waals surface area (Å²) in [4.78, 5) is 28.2. The van der Waals surface area contributed by atoms with Gasteiger partial charge in [0, 0.05) is 4.90 Å². The van der Waals surface area contributed by atoms with Crippen molar-refractivity contribution in [3.8, 4) is 23.0 Å². The zero-order valence-electron chi connectivity index (χ0n) is 27.3. The van der Waals surface area contributed by atoms with Crippen LogP contribution in [-0.2, 0) is 20.7 Å². The SMILES string of the molecule is CSc1ccc2oc(-c3cc4c(OC(=O)OC(C)(C)c5ccccc5)c(SC)ccc4o3)c(OC(=O)OC(C)(C)c3ccccc3)c2c1. The summed E-state index contributed by atoms with van der Waals surface area (Å²) in [6.07, 6.45) is 2.06. The maximum absolute atomic E-state index is 13.3. The molecule has 0 saturated carbocycles. The van der Waals surface area contributed by atoms with E-state index < -0.39 is 23.5 Å². The van der Waals surface area contributed by atoms with E-state index in [2.05, 4.69) is 0 Å². The van der Waals surface area contributed by atoms with Gasteiger partial charge in [0.05, 0.1) is 15.7 Å². The van der Waals surface area contributed by atoms with Crippen molar-refractivity contribution >= 4 is 57.8 Å². The van der Waals surface area contributed by atoms with Gasteiger partial charge in [0.1, 0.15) is 22.4 Å². The number of rotatable bonds is 9. The Morgan fingerprint density at radius 3 is 1.69 bits per heavy atom. The summed E-state index contributed by atoms with van der Waals surface area (Å²) in [7, 11) is 0. The molecule has 8 nitrogen and oxygen atoms in total. The van der Waals surface area contributed by atoms with Crippen molar-refractivity contribution in [2.75, 3.05) is 12.5 Å². The predicted octanol–water partition coefficient (Wildman–Crippen LogP) is 11.2. The molecule has 0 unspecified atom stereocenters. The van der Waals surface area contributed by atoms with Crippen LogP contribution in [0.2, 0.25) is 0 Å². The van der Waals surface area contributed by atoms with Gasteiger partial charge in [-0.3, -0.25) is 0 Å². The Kier molecular flexibility index (Phi) is 9.22. The molecule has 0 aliphatic carbocycles. The second kappa shape index (κ2) is 13.4.